The quantitative estimate of drug-likeness (QED) is 0.637. The molecule has 0 aliphatic rings. The molecule has 0 saturated heterocycles. The lowest BCUT2D eigenvalue weighted by molar-refractivity contribution is -0.114. The van der Waals surface area contributed by atoms with Gasteiger partial charge in [0.15, 0.2) is 0 Å². The fourth-order valence-electron chi connectivity index (χ4n) is 2.61. The minimum Gasteiger partial charge on any atom is -0.493 e. The summed E-state index contributed by atoms with van der Waals surface area (Å²) in [5.74, 6) is 1.12. The van der Waals surface area contributed by atoms with Crippen LogP contribution in [-0.4, -0.2) is 19.1 Å². The predicted molar refractivity (Wildman–Crippen MR) is 108 cm³/mol. The zero-order valence-electron chi connectivity index (χ0n) is 15.2. The van der Waals surface area contributed by atoms with Crippen LogP contribution in [0.15, 0.2) is 66.7 Å². The molecule has 0 bridgehead atoms. The van der Waals surface area contributed by atoms with Crippen molar-refractivity contribution in [2.45, 2.75) is 13.8 Å². The Morgan fingerprint density at radius 1 is 0.923 bits per heavy atom. The van der Waals surface area contributed by atoms with Gasteiger partial charge in [0.25, 0.3) is 0 Å². The molecule has 0 atom stereocenters. The van der Waals surface area contributed by atoms with Gasteiger partial charge in [-0.3, -0.25) is 4.79 Å². The van der Waals surface area contributed by atoms with E-state index in [1.165, 1.54) is 5.39 Å². The van der Waals surface area contributed by atoms with Crippen LogP contribution in [0.4, 0.5) is 11.4 Å². The fraction of sp³-hybridized carbons (Fsp3) is 0.227. The number of carbonyl (C=O) groups is 1. The largest absolute Gasteiger partial charge is 0.493 e. The maximum absolute atomic E-state index is 12.2. The molecule has 4 nitrogen and oxygen atoms in total. The van der Waals surface area contributed by atoms with E-state index >= 15 is 0 Å². The van der Waals surface area contributed by atoms with Gasteiger partial charge in [0, 0.05) is 17.4 Å². The van der Waals surface area contributed by atoms with Crippen LogP contribution in [0, 0.1) is 5.92 Å². The van der Waals surface area contributed by atoms with Crippen LogP contribution in [0.3, 0.4) is 0 Å². The van der Waals surface area contributed by atoms with Crippen molar-refractivity contribution in [2.24, 2.45) is 5.92 Å². The lowest BCUT2D eigenvalue weighted by Gasteiger charge is -2.11. The van der Waals surface area contributed by atoms with Gasteiger partial charge in [-0.05, 0) is 41.0 Å². The van der Waals surface area contributed by atoms with E-state index in [9.17, 15) is 4.79 Å². The van der Waals surface area contributed by atoms with Crippen molar-refractivity contribution in [1.82, 2.24) is 0 Å². The van der Waals surface area contributed by atoms with Crippen LogP contribution in [-0.2, 0) is 4.79 Å². The number of rotatable bonds is 7. The van der Waals surface area contributed by atoms with E-state index in [1.54, 1.807) is 0 Å². The van der Waals surface area contributed by atoms with Gasteiger partial charge in [0.1, 0.15) is 5.75 Å². The third-order valence-electron chi connectivity index (χ3n) is 3.90. The van der Waals surface area contributed by atoms with Crippen molar-refractivity contribution >= 4 is 28.1 Å². The first-order valence-electron chi connectivity index (χ1n) is 8.85. The van der Waals surface area contributed by atoms with Gasteiger partial charge < -0.3 is 15.4 Å². The van der Waals surface area contributed by atoms with E-state index in [0.717, 1.165) is 22.5 Å². The van der Waals surface area contributed by atoms with E-state index in [1.807, 2.05) is 54.6 Å². The summed E-state index contributed by atoms with van der Waals surface area (Å²) in [6.45, 7) is 5.06. The molecule has 4 heteroatoms. The van der Waals surface area contributed by atoms with Crippen LogP contribution in [0.25, 0.3) is 10.8 Å². The Kier molecular flexibility index (Phi) is 5.74. The molecule has 0 fully saturated rings. The van der Waals surface area contributed by atoms with Gasteiger partial charge in [-0.25, -0.2) is 0 Å². The second-order valence-electron chi connectivity index (χ2n) is 6.70. The van der Waals surface area contributed by atoms with Crippen LogP contribution in [0.1, 0.15) is 13.8 Å². The molecule has 3 rings (SSSR count). The Bertz CT molecular complexity index is 890. The molecule has 0 radical (unpaired) electrons. The van der Waals surface area contributed by atoms with Gasteiger partial charge in [-0.2, -0.15) is 0 Å². The van der Waals surface area contributed by atoms with Crippen LogP contribution in [0.5, 0.6) is 5.75 Å². The first-order chi connectivity index (χ1) is 12.6. The normalized spacial score (nSPS) is 10.7. The molecule has 0 aromatic heterocycles. The minimum atomic E-state index is -0.0980. The highest BCUT2D eigenvalue weighted by molar-refractivity contribution is 5.94. The summed E-state index contributed by atoms with van der Waals surface area (Å²) >= 11 is 0. The lowest BCUT2D eigenvalue weighted by Crippen LogP contribution is -2.21. The number of ether oxygens (including phenoxy) is 1. The molecule has 0 spiro atoms. The molecule has 3 aromatic carbocycles. The highest BCUT2D eigenvalue weighted by Gasteiger charge is 2.05. The summed E-state index contributed by atoms with van der Waals surface area (Å²) in [7, 11) is 0. The van der Waals surface area contributed by atoms with Gasteiger partial charge >= 0.3 is 0 Å². The number of nitrogens with one attached hydrogen (secondary N) is 2. The lowest BCUT2D eigenvalue weighted by atomic mass is 10.1. The van der Waals surface area contributed by atoms with E-state index < -0.39 is 0 Å². The maximum atomic E-state index is 12.2. The predicted octanol–water partition coefficient (Wildman–Crippen LogP) is 4.93. The Morgan fingerprint density at radius 3 is 2.54 bits per heavy atom. The maximum Gasteiger partial charge on any atom is 0.243 e. The highest BCUT2D eigenvalue weighted by atomic mass is 16.5. The number of fused-ring (bicyclic) bond motifs is 1. The minimum absolute atomic E-state index is 0.0980. The summed E-state index contributed by atoms with van der Waals surface area (Å²) in [6, 6.07) is 21.7. The average molecular weight is 348 g/mol. The van der Waals surface area contributed by atoms with Crippen molar-refractivity contribution in [2.75, 3.05) is 23.8 Å². The molecule has 0 heterocycles. The van der Waals surface area contributed by atoms with Gasteiger partial charge in [-0.15, -0.1) is 0 Å². The Labute approximate surface area is 154 Å². The summed E-state index contributed by atoms with van der Waals surface area (Å²) in [5, 5.41) is 8.39. The number of amides is 1. The topological polar surface area (TPSA) is 50.4 Å². The second kappa shape index (κ2) is 8.39. The van der Waals surface area contributed by atoms with E-state index in [-0.39, 0.29) is 12.5 Å². The molecule has 0 saturated carbocycles. The van der Waals surface area contributed by atoms with E-state index in [4.69, 9.17) is 4.74 Å². The van der Waals surface area contributed by atoms with Gasteiger partial charge in [0.2, 0.25) is 5.91 Å². The number of benzene rings is 3. The van der Waals surface area contributed by atoms with E-state index in [0.29, 0.717) is 12.5 Å². The van der Waals surface area contributed by atoms with Gasteiger partial charge in [0.05, 0.1) is 13.2 Å². The molecule has 134 valence electrons. The number of anilines is 2. The van der Waals surface area contributed by atoms with Gasteiger partial charge in [-0.1, -0.05) is 50.2 Å². The van der Waals surface area contributed by atoms with Crippen molar-refractivity contribution in [3.8, 4) is 5.75 Å². The third-order valence-corrected chi connectivity index (χ3v) is 3.90. The monoisotopic (exact) mass is 348 g/mol. The zero-order valence-corrected chi connectivity index (χ0v) is 15.2. The van der Waals surface area contributed by atoms with Crippen LogP contribution in [0.2, 0.25) is 0 Å². The van der Waals surface area contributed by atoms with E-state index in [2.05, 4.69) is 36.6 Å². The third kappa shape index (κ3) is 4.99. The summed E-state index contributed by atoms with van der Waals surface area (Å²) < 4.78 is 5.69. The number of carbonyl (C=O) groups excluding carboxylic acids is 1. The summed E-state index contributed by atoms with van der Waals surface area (Å²) in [4.78, 5) is 12.2. The Balaban J connectivity index is 1.55. The smallest absolute Gasteiger partial charge is 0.243 e. The molecule has 0 aliphatic heterocycles. The first-order valence-corrected chi connectivity index (χ1v) is 8.85. The number of hydrogen-bond acceptors (Lipinski definition) is 3. The molecule has 2 N–H and O–H groups in total. The molecule has 26 heavy (non-hydrogen) atoms. The van der Waals surface area contributed by atoms with Crippen molar-refractivity contribution in [3.63, 3.8) is 0 Å². The molecular formula is C22H24N2O2. The Hall–Kier alpha value is -3.01. The molecule has 1 amide bonds. The summed E-state index contributed by atoms with van der Waals surface area (Å²) in [5.41, 5.74) is 1.66. The average Bonchev–Trinajstić information content (AvgIpc) is 2.65. The molecule has 0 aliphatic carbocycles. The van der Waals surface area contributed by atoms with Crippen molar-refractivity contribution < 1.29 is 9.53 Å². The van der Waals surface area contributed by atoms with Crippen molar-refractivity contribution in [1.29, 1.82) is 0 Å². The number of hydrogen-bond donors (Lipinski definition) is 2. The molecule has 3 aromatic rings. The zero-order chi connectivity index (χ0) is 18.4. The standard InChI is InChI=1S/C22H24N2O2/c1-16(2)15-26-21-9-5-8-20(13-21)24-22(25)14-23-19-11-10-17-6-3-4-7-18(17)12-19/h3-13,16,23H,14-15H2,1-2H3,(H,24,25). The Morgan fingerprint density at radius 2 is 1.73 bits per heavy atom. The van der Waals surface area contributed by atoms with Crippen LogP contribution >= 0.6 is 0 Å². The highest BCUT2D eigenvalue weighted by Crippen LogP contribution is 2.20. The SMILES string of the molecule is CC(C)COc1cccc(NC(=O)CNc2ccc3ccccc3c2)c1. The first kappa shape index (κ1) is 17.8. The second-order valence-corrected chi connectivity index (χ2v) is 6.70. The summed E-state index contributed by atoms with van der Waals surface area (Å²) in [6.07, 6.45) is 0. The molecule has 0 unspecified atom stereocenters. The van der Waals surface area contributed by atoms with Crippen molar-refractivity contribution in [3.05, 3.63) is 66.7 Å². The van der Waals surface area contributed by atoms with Crippen LogP contribution < -0.4 is 15.4 Å². The fourth-order valence-corrected chi connectivity index (χ4v) is 2.61. The molecular weight excluding hydrogens is 324 g/mol.